The molecule has 1 unspecified atom stereocenters. The number of rotatable bonds is 3. The highest BCUT2D eigenvalue weighted by Crippen LogP contribution is 2.29. The standard InChI is InChI=1S/C15H21ClN2O/c16-14-5-3-4-12(15(14)19)10-17-9-6-13(11-17)18-7-1-2-8-18/h3-5,13,19H,1-2,6-11H2. The van der Waals surface area contributed by atoms with Crippen LogP contribution in [0.5, 0.6) is 5.75 Å². The Morgan fingerprint density at radius 2 is 2.00 bits per heavy atom. The summed E-state index contributed by atoms with van der Waals surface area (Å²) in [7, 11) is 0. The zero-order chi connectivity index (χ0) is 13.2. The average molecular weight is 281 g/mol. The van der Waals surface area contributed by atoms with E-state index in [0.717, 1.165) is 25.2 Å². The zero-order valence-corrected chi connectivity index (χ0v) is 11.9. The van der Waals surface area contributed by atoms with Crippen LogP contribution < -0.4 is 0 Å². The maximum atomic E-state index is 9.97. The highest BCUT2D eigenvalue weighted by Gasteiger charge is 2.29. The summed E-state index contributed by atoms with van der Waals surface area (Å²) in [4.78, 5) is 5.05. The SMILES string of the molecule is Oc1c(Cl)cccc1CN1CCC(N2CCCC2)C1. The van der Waals surface area contributed by atoms with Crippen LogP contribution in [0, 0.1) is 0 Å². The van der Waals surface area contributed by atoms with Crippen molar-refractivity contribution in [1.82, 2.24) is 9.80 Å². The molecule has 104 valence electrons. The van der Waals surface area contributed by atoms with E-state index >= 15 is 0 Å². The molecule has 0 radical (unpaired) electrons. The molecule has 3 nitrogen and oxygen atoms in total. The number of phenols is 1. The molecule has 19 heavy (non-hydrogen) atoms. The molecule has 0 bridgehead atoms. The van der Waals surface area contributed by atoms with Crippen molar-refractivity contribution in [3.8, 4) is 5.75 Å². The molecule has 1 aromatic rings. The van der Waals surface area contributed by atoms with Crippen molar-refractivity contribution in [3.63, 3.8) is 0 Å². The molecule has 0 aromatic heterocycles. The Balaban J connectivity index is 1.60. The molecule has 2 saturated heterocycles. The molecule has 2 aliphatic heterocycles. The third kappa shape index (κ3) is 2.88. The summed E-state index contributed by atoms with van der Waals surface area (Å²) in [6.07, 6.45) is 3.96. The normalized spacial score (nSPS) is 25.2. The van der Waals surface area contributed by atoms with Gasteiger partial charge in [0.15, 0.2) is 0 Å². The molecular weight excluding hydrogens is 260 g/mol. The minimum atomic E-state index is 0.244. The van der Waals surface area contributed by atoms with E-state index in [-0.39, 0.29) is 5.75 Å². The number of hydrogen-bond donors (Lipinski definition) is 1. The molecule has 1 N–H and O–H groups in total. The van der Waals surface area contributed by atoms with Crippen molar-refractivity contribution in [2.75, 3.05) is 26.2 Å². The van der Waals surface area contributed by atoms with Crippen LogP contribution in [0.25, 0.3) is 0 Å². The number of aromatic hydroxyl groups is 1. The van der Waals surface area contributed by atoms with Crippen molar-refractivity contribution in [2.24, 2.45) is 0 Å². The highest BCUT2D eigenvalue weighted by molar-refractivity contribution is 6.32. The Morgan fingerprint density at radius 1 is 1.21 bits per heavy atom. The van der Waals surface area contributed by atoms with Gasteiger partial charge in [-0.05, 0) is 38.4 Å². The Labute approximate surface area is 119 Å². The van der Waals surface area contributed by atoms with Crippen LogP contribution in [0.3, 0.4) is 0 Å². The van der Waals surface area contributed by atoms with Crippen LogP contribution in [0.2, 0.25) is 5.02 Å². The molecule has 2 aliphatic rings. The van der Waals surface area contributed by atoms with Gasteiger partial charge in [-0.25, -0.2) is 0 Å². The molecule has 4 heteroatoms. The largest absolute Gasteiger partial charge is 0.506 e. The number of likely N-dealkylation sites (tertiary alicyclic amines) is 2. The number of phenolic OH excluding ortho intramolecular Hbond substituents is 1. The summed E-state index contributed by atoms with van der Waals surface area (Å²) in [5.74, 6) is 0.244. The van der Waals surface area contributed by atoms with E-state index in [1.165, 1.54) is 32.4 Å². The molecule has 0 aliphatic carbocycles. The first kappa shape index (κ1) is 13.2. The van der Waals surface area contributed by atoms with Gasteiger partial charge in [-0.15, -0.1) is 0 Å². The minimum absolute atomic E-state index is 0.244. The molecule has 0 amide bonds. The quantitative estimate of drug-likeness (QED) is 0.922. The van der Waals surface area contributed by atoms with Gasteiger partial charge in [-0.2, -0.15) is 0 Å². The molecule has 0 saturated carbocycles. The first-order valence-corrected chi connectivity index (χ1v) is 7.54. The van der Waals surface area contributed by atoms with Crippen LogP contribution in [0.1, 0.15) is 24.8 Å². The second-order valence-corrected chi connectivity index (χ2v) is 6.08. The van der Waals surface area contributed by atoms with E-state index in [1.807, 2.05) is 12.1 Å². The fourth-order valence-corrected chi connectivity index (χ4v) is 3.48. The molecule has 0 spiro atoms. The monoisotopic (exact) mass is 280 g/mol. The Hall–Kier alpha value is -0.770. The van der Waals surface area contributed by atoms with Crippen LogP contribution in [0.15, 0.2) is 18.2 Å². The lowest BCUT2D eigenvalue weighted by Crippen LogP contribution is -2.35. The molecule has 3 rings (SSSR count). The fraction of sp³-hybridized carbons (Fsp3) is 0.600. The summed E-state index contributed by atoms with van der Waals surface area (Å²) in [6.45, 7) is 5.57. The number of hydrogen-bond acceptors (Lipinski definition) is 3. The fourth-order valence-electron chi connectivity index (χ4n) is 3.29. The lowest BCUT2D eigenvalue weighted by molar-refractivity contribution is 0.229. The van der Waals surface area contributed by atoms with Crippen molar-refractivity contribution in [1.29, 1.82) is 0 Å². The smallest absolute Gasteiger partial charge is 0.138 e. The summed E-state index contributed by atoms with van der Waals surface area (Å²) in [5.41, 5.74) is 0.939. The van der Waals surface area contributed by atoms with Crippen LogP contribution in [-0.4, -0.2) is 47.1 Å². The van der Waals surface area contributed by atoms with Gasteiger partial charge in [0.05, 0.1) is 5.02 Å². The van der Waals surface area contributed by atoms with Gasteiger partial charge in [0.1, 0.15) is 5.75 Å². The van der Waals surface area contributed by atoms with E-state index in [4.69, 9.17) is 11.6 Å². The first-order valence-electron chi connectivity index (χ1n) is 7.17. The minimum Gasteiger partial charge on any atom is -0.506 e. The maximum Gasteiger partial charge on any atom is 0.138 e. The summed E-state index contributed by atoms with van der Waals surface area (Å²) >= 11 is 5.95. The molecule has 2 heterocycles. The van der Waals surface area contributed by atoms with Crippen LogP contribution in [-0.2, 0) is 6.54 Å². The van der Waals surface area contributed by atoms with Crippen LogP contribution in [0.4, 0.5) is 0 Å². The van der Waals surface area contributed by atoms with E-state index in [0.29, 0.717) is 11.1 Å². The second kappa shape index (κ2) is 5.70. The highest BCUT2D eigenvalue weighted by atomic mass is 35.5. The van der Waals surface area contributed by atoms with Gasteiger partial charge in [-0.3, -0.25) is 9.80 Å². The van der Waals surface area contributed by atoms with Crippen molar-refractivity contribution < 1.29 is 5.11 Å². The Kier molecular flexibility index (Phi) is 3.96. The van der Waals surface area contributed by atoms with Crippen molar-refractivity contribution in [2.45, 2.75) is 31.8 Å². The lowest BCUT2D eigenvalue weighted by Gasteiger charge is -2.23. The molecule has 1 aromatic carbocycles. The maximum absolute atomic E-state index is 9.97. The zero-order valence-electron chi connectivity index (χ0n) is 11.2. The van der Waals surface area contributed by atoms with Gasteiger partial charge < -0.3 is 5.11 Å². The van der Waals surface area contributed by atoms with Gasteiger partial charge in [0, 0.05) is 31.2 Å². The molecule has 2 fully saturated rings. The Bertz CT molecular complexity index is 446. The molecule has 1 atom stereocenters. The third-order valence-corrected chi connectivity index (χ3v) is 4.67. The van der Waals surface area contributed by atoms with E-state index in [2.05, 4.69) is 9.80 Å². The first-order chi connectivity index (χ1) is 9.24. The predicted octanol–water partition coefficient (Wildman–Crippen LogP) is 2.72. The Morgan fingerprint density at radius 3 is 2.79 bits per heavy atom. The van der Waals surface area contributed by atoms with Gasteiger partial charge in [-0.1, -0.05) is 23.7 Å². The summed E-state index contributed by atoms with van der Waals surface area (Å²) in [6, 6.07) is 6.32. The van der Waals surface area contributed by atoms with E-state index in [9.17, 15) is 5.11 Å². The van der Waals surface area contributed by atoms with Gasteiger partial charge in [0.2, 0.25) is 0 Å². The average Bonchev–Trinajstić information content (AvgIpc) is 3.05. The van der Waals surface area contributed by atoms with Gasteiger partial charge >= 0.3 is 0 Å². The second-order valence-electron chi connectivity index (χ2n) is 5.67. The van der Waals surface area contributed by atoms with Gasteiger partial charge in [0.25, 0.3) is 0 Å². The van der Waals surface area contributed by atoms with Crippen molar-refractivity contribution in [3.05, 3.63) is 28.8 Å². The van der Waals surface area contributed by atoms with E-state index in [1.54, 1.807) is 6.07 Å². The third-order valence-electron chi connectivity index (χ3n) is 4.37. The lowest BCUT2D eigenvalue weighted by atomic mass is 10.2. The number of halogens is 1. The predicted molar refractivity (Wildman–Crippen MR) is 77.6 cm³/mol. The van der Waals surface area contributed by atoms with Crippen LogP contribution >= 0.6 is 11.6 Å². The summed E-state index contributed by atoms with van der Waals surface area (Å²) in [5, 5.41) is 10.4. The number of benzene rings is 1. The number of para-hydroxylation sites is 1. The summed E-state index contributed by atoms with van der Waals surface area (Å²) < 4.78 is 0. The van der Waals surface area contributed by atoms with E-state index < -0.39 is 0 Å². The van der Waals surface area contributed by atoms with Crippen molar-refractivity contribution >= 4 is 11.6 Å². The molecular formula is C15H21ClN2O. The number of nitrogens with zero attached hydrogens (tertiary/aromatic N) is 2. The topological polar surface area (TPSA) is 26.7 Å².